The Morgan fingerprint density at radius 3 is 2.57 bits per heavy atom. The molecule has 1 aromatic carbocycles. The van der Waals surface area contributed by atoms with Crippen LogP contribution in [-0.4, -0.2) is 13.2 Å². The van der Waals surface area contributed by atoms with Gasteiger partial charge in [0.05, 0.1) is 13.2 Å². The monoisotopic (exact) mass is 188 g/mol. The lowest BCUT2D eigenvalue weighted by atomic mass is 10.1. The highest BCUT2D eigenvalue weighted by Gasteiger charge is 1.85. The minimum Gasteiger partial charge on any atom is -0.373 e. The van der Waals surface area contributed by atoms with Gasteiger partial charge in [0.1, 0.15) is 0 Å². The molecule has 0 heterocycles. The lowest BCUT2D eigenvalue weighted by molar-refractivity contribution is 0.194. The van der Waals surface area contributed by atoms with Crippen molar-refractivity contribution in [1.82, 2.24) is 0 Å². The molecule has 0 atom stereocenters. The zero-order valence-electron chi connectivity index (χ0n) is 8.57. The van der Waals surface area contributed by atoms with Crippen LogP contribution in [0.3, 0.4) is 0 Å². The highest BCUT2D eigenvalue weighted by atomic mass is 16.5. The standard InChI is InChI=1S/C13H16O/c1-3-10-14-11-4-5-13-8-6-12(2)7-9-13/h3-9H,1,10-11H2,2H3/b5-4+. The average molecular weight is 188 g/mol. The Morgan fingerprint density at radius 2 is 1.93 bits per heavy atom. The molecule has 0 amide bonds. The molecule has 0 aromatic heterocycles. The average Bonchev–Trinajstić information content (AvgIpc) is 2.21. The van der Waals surface area contributed by atoms with Gasteiger partial charge in [0.2, 0.25) is 0 Å². The number of hydrogen-bond acceptors (Lipinski definition) is 1. The summed E-state index contributed by atoms with van der Waals surface area (Å²) in [6.45, 7) is 6.91. The fourth-order valence-corrected chi connectivity index (χ4v) is 1.08. The molecule has 0 fully saturated rings. The predicted molar refractivity (Wildman–Crippen MR) is 61.2 cm³/mol. The Hall–Kier alpha value is -1.34. The molecular formula is C13H16O. The summed E-state index contributed by atoms with van der Waals surface area (Å²) in [5.74, 6) is 0. The maximum absolute atomic E-state index is 5.22. The van der Waals surface area contributed by atoms with Gasteiger partial charge < -0.3 is 4.74 Å². The summed E-state index contributed by atoms with van der Waals surface area (Å²) in [5.41, 5.74) is 2.49. The molecule has 0 radical (unpaired) electrons. The molecule has 0 aliphatic carbocycles. The van der Waals surface area contributed by atoms with Crippen molar-refractivity contribution in [1.29, 1.82) is 0 Å². The molecule has 0 bridgehead atoms. The fraction of sp³-hybridized carbons (Fsp3) is 0.231. The second kappa shape index (κ2) is 6.17. The summed E-state index contributed by atoms with van der Waals surface area (Å²) < 4.78 is 5.22. The molecule has 0 saturated heterocycles. The first-order chi connectivity index (χ1) is 6.83. The van der Waals surface area contributed by atoms with Gasteiger partial charge in [-0.05, 0) is 12.5 Å². The van der Waals surface area contributed by atoms with Gasteiger partial charge in [-0.15, -0.1) is 6.58 Å². The third-order valence-corrected chi connectivity index (χ3v) is 1.84. The first kappa shape index (κ1) is 10.7. The Labute approximate surface area is 85.7 Å². The molecule has 1 nitrogen and oxygen atoms in total. The number of rotatable bonds is 5. The van der Waals surface area contributed by atoms with Gasteiger partial charge in [0.15, 0.2) is 0 Å². The van der Waals surface area contributed by atoms with E-state index < -0.39 is 0 Å². The Kier molecular flexibility index (Phi) is 4.73. The Morgan fingerprint density at radius 1 is 1.21 bits per heavy atom. The summed E-state index contributed by atoms with van der Waals surface area (Å²) in [4.78, 5) is 0. The molecule has 0 saturated carbocycles. The summed E-state index contributed by atoms with van der Waals surface area (Å²) in [6.07, 6.45) is 5.82. The SMILES string of the molecule is C=CCOC/C=C/c1ccc(C)cc1. The topological polar surface area (TPSA) is 9.23 Å². The first-order valence-corrected chi connectivity index (χ1v) is 4.75. The van der Waals surface area contributed by atoms with E-state index in [0.29, 0.717) is 13.2 Å². The molecule has 1 aromatic rings. The number of ether oxygens (including phenoxy) is 1. The summed E-state index contributed by atoms with van der Waals surface area (Å²) in [7, 11) is 0. The van der Waals surface area contributed by atoms with Crippen molar-refractivity contribution in [2.45, 2.75) is 6.92 Å². The lowest BCUT2D eigenvalue weighted by Crippen LogP contribution is -1.89. The van der Waals surface area contributed by atoms with Gasteiger partial charge in [-0.2, -0.15) is 0 Å². The first-order valence-electron chi connectivity index (χ1n) is 4.75. The fourth-order valence-electron chi connectivity index (χ4n) is 1.08. The normalized spacial score (nSPS) is 10.6. The van der Waals surface area contributed by atoms with E-state index >= 15 is 0 Å². The molecule has 0 aliphatic heterocycles. The van der Waals surface area contributed by atoms with Gasteiger partial charge in [0, 0.05) is 0 Å². The highest BCUT2D eigenvalue weighted by Crippen LogP contribution is 2.04. The Balaban J connectivity index is 2.36. The molecule has 0 aliphatic rings. The van der Waals surface area contributed by atoms with E-state index in [-0.39, 0.29) is 0 Å². The van der Waals surface area contributed by atoms with E-state index in [4.69, 9.17) is 4.74 Å². The summed E-state index contributed by atoms with van der Waals surface area (Å²) >= 11 is 0. The van der Waals surface area contributed by atoms with Crippen LogP contribution in [-0.2, 0) is 4.74 Å². The van der Waals surface area contributed by atoms with Crippen molar-refractivity contribution in [2.24, 2.45) is 0 Å². The van der Waals surface area contributed by atoms with Crippen LogP contribution in [0.1, 0.15) is 11.1 Å². The van der Waals surface area contributed by atoms with E-state index in [1.54, 1.807) is 6.08 Å². The molecular weight excluding hydrogens is 172 g/mol. The summed E-state index contributed by atoms with van der Waals surface area (Å²) in [5, 5.41) is 0. The second-order valence-corrected chi connectivity index (χ2v) is 3.14. The zero-order chi connectivity index (χ0) is 10.2. The van der Waals surface area contributed by atoms with Crippen molar-refractivity contribution >= 4 is 6.08 Å². The van der Waals surface area contributed by atoms with Crippen molar-refractivity contribution in [3.8, 4) is 0 Å². The van der Waals surface area contributed by atoms with Gasteiger partial charge in [-0.3, -0.25) is 0 Å². The van der Waals surface area contributed by atoms with Crippen LogP contribution in [0, 0.1) is 6.92 Å². The van der Waals surface area contributed by atoms with Gasteiger partial charge in [0.25, 0.3) is 0 Å². The highest BCUT2D eigenvalue weighted by molar-refractivity contribution is 5.49. The van der Waals surface area contributed by atoms with Crippen LogP contribution in [0.2, 0.25) is 0 Å². The maximum atomic E-state index is 5.22. The quantitative estimate of drug-likeness (QED) is 0.509. The van der Waals surface area contributed by atoms with Gasteiger partial charge in [-0.1, -0.05) is 48.1 Å². The van der Waals surface area contributed by atoms with Crippen LogP contribution in [0.25, 0.3) is 6.08 Å². The molecule has 0 N–H and O–H groups in total. The molecule has 14 heavy (non-hydrogen) atoms. The molecule has 74 valence electrons. The third kappa shape index (κ3) is 4.06. The van der Waals surface area contributed by atoms with E-state index in [9.17, 15) is 0 Å². The van der Waals surface area contributed by atoms with Crippen LogP contribution in [0.15, 0.2) is 43.0 Å². The van der Waals surface area contributed by atoms with Crippen LogP contribution in [0.4, 0.5) is 0 Å². The second-order valence-electron chi connectivity index (χ2n) is 3.14. The lowest BCUT2D eigenvalue weighted by Gasteiger charge is -1.96. The van der Waals surface area contributed by atoms with Gasteiger partial charge >= 0.3 is 0 Å². The number of benzene rings is 1. The minimum absolute atomic E-state index is 0.609. The maximum Gasteiger partial charge on any atom is 0.0654 e. The van der Waals surface area contributed by atoms with Crippen molar-refractivity contribution in [2.75, 3.05) is 13.2 Å². The van der Waals surface area contributed by atoms with Crippen molar-refractivity contribution in [3.63, 3.8) is 0 Å². The van der Waals surface area contributed by atoms with E-state index in [0.717, 1.165) is 0 Å². The van der Waals surface area contributed by atoms with Crippen molar-refractivity contribution in [3.05, 3.63) is 54.1 Å². The van der Waals surface area contributed by atoms with E-state index in [1.807, 2.05) is 6.08 Å². The van der Waals surface area contributed by atoms with Crippen LogP contribution < -0.4 is 0 Å². The summed E-state index contributed by atoms with van der Waals surface area (Å²) in [6, 6.07) is 8.40. The van der Waals surface area contributed by atoms with Crippen molar-refractivity contribution < 1.29 is 4.74 Å². The number of aryl methyl sites for hydroxylation is 1. The van der Waals surface area contributed by atoms with Crippen LogP contribution in [0.5, 0.6) is 0 Å². The third-order valence-electron chi connectivity index (χ3n) is 1.84. The number of hydrogen-bond donors (Lipinski definition) is 0. The molecule has 0 spiro atoms. The predicted octanol–water partition coefficient (Wildman–Crippen LogP) is 3.21. The van der Waals surface area contributed by atoms with Gasteiger partial charge in [-0.25, -0.2) is 0 Å². The smallest absolute Gasteiger partial charge is 0.0654 e. The molecule has 1 heteroatoms. The molecule has 0 unspecified atom stereocenters. The molecule has 1 rings (SSSR count). The zero-order valence-corrected chi connectivity index (χ0v) is 8.57. The minimum atomic E-state index is 0.609. The Bertz CT molecular complexity index is 296. The van der Waals surface area contributed by atoms with Crippen LogP contribution >= 0.6 is 0 Å². The van der Waals surface area contributed by atoms with E-state index in [2.05, 4.69) is 43.8 Å². The largest absolute Gasteiger partial charge is 0.373 e. The van der Waals surface area contributed by atoms with E-state index in [1.165, 1.54) is 11.1 Å².